The van der Waals surface area contributed by atoms with Crippen molar-refractivity contribution in [3.8, 4) is 0 Å². The summed E-state index contributed by atoms with van der Waals surface area (Å²) in [5.74, 6) is 0. The lowest BCUT2D eigenvalue weighted by atomic mass is 10.0. The first kappa shape index (κ1) is 22.0. The molecule has 162 valence electrons. The molecule has 0 atom stereocenters. The van der Waals surface area contributed by atoms with Crippen molar-refractivity contribution in [3.63, 3.8) is 0 Å². The number of alkyl halides is 3. The first-order chi connectivity index (χ1) is 14.7. The summed E-state index contributed by atoms with van der Waals surface area (Å²) in [6.45, 7) is 4.85. The van der Waals surface area contributed by atoms with Crippen LogP contribution in [0, 0.1) is 6.92 Å². The van der Waals surface area contributed by atoms with Gasteiger partial charge in [-0.2, -0.15) is 0 Å². The van der Waals surface area contributed by atoms with Gasteiger partial charge in [-0.15, -0.1) is 0 Å². The average Bonchev–Trinajstić information content (AvgIpc) is 3.04. The molecular weight excluding hydrogens is 457 g/mol. The molecule has 0 saturated carbocycles. The van der Waals surface area contributed by atoms with Crippen LogP contribution in [0.1, 0.15) is 29.3 Å². The number of pyridine rings is 1. The average molecular weight is 479 g/mol. The second-order valence-corrected chi connectivity index (χ2v) is 10.2. The third-order valence-corrected chi connectivity index (χ3v) is 5.75. The van der Waals surface area contributed by atoms with E-state index < -0.39 is 9.89 Å². The molecule has 1 aliphatic rings. The second-order valence-electron chi connectivity index (χ2n) is 7.71. The number of hydrogen-bond donors (Lipinski definition) is 0. The monoisotopic (exact) mass is 477 g/mol. The summed E-state index contributed by atoms with van der Waals surface area (Å²) in [5.41, 5.74) is 6.84. The molecule has 0 N–H and O–H groups in total. The standard InChI is InChI=1S/C23H22Cl3N3O2/c1-15-3-4-20-18(11-15)19-13-28(22(30)31-14-23(24,25)26)10-7-21(19)29(20)12-16(2)17-5-8-27-9-6-17/h3-6,8-9,11-12H,7,10,13-14H2,1-2H3/b16-12+. The molecule has 0 radical (unpaired) electrons. The maximum atomic E-state index is 12.5. The van der Waals surface area contributed by atoms with Gasteiger partial charge in [0.1, 0.15) is 6.61 Å². The minimum absolute atomic E-state index is 0.283. The molecule has 3 aromatic rings. The third-order valence-electron chi connectivity index (χ3n) is 5.42. The number of rotatable bonds is 3. The van der Waals surface area contributed by atoms with Gasteiger partial charge in [-0.1, -0.05) is 46.4 Å². The Morgan fingerprint density at radius 1 is 1.23 bits per heavy atom. The molecule has 1 aromatic carbocycles. The summed E-state index contributed by atoms with van der Waals surface area (Å²) < 4.78 is 5.81. The van der Waals surface area contributed by atoms with Gasteiger partial charge in [-0.05, 0) is 49.2 Å². The van der Waals surface area contributed by atoms with Gasteiger partial charge in [0.15, 0.2) is 0 Å². The SMILES string of the molecule is C/C(=C\n1c2c(c3cc(C)ccc31)CN(C(=O)OCC(Cl)(Cl)Cl)CC2)c1ccncc1. The number of ether oxygens (including phenoxy) is 1. The Bertz CT molecular complexity index is 1150. The van der Waals surface area contributed by atoms with E-state index in [1.807, 2.05) is 12.1 Å². The van der Waals surface area contributed by atoms with Crippen molar-refractivity contribution in [2.75, 3.05) is 13.2 Å². The Morgan fingerprint density at radius 2 is 1.97 bits per heavy atom. The van der Waals surface area contributed by atoms with Crippen LogP contribution in [-0.2, 0) is 17.7 Å². The van der Waals surface area contributed by atoms with Crippen molar-refractivity contribution in [3.05, 3.63) is 65.1 Å². The van der Waals surface area contributed by atoms with Crippen LogP contribution in [0.2, 0.25) is 0 Å². The van der Waals surface area contributed by atoms with Crippen molar-refractivity contribution in [1.29, 1.82) is 0 Å². The molecule has 1 amide bonds. The second kappa shape index (κ2) is 8.73. The Morgan fingerprint density at radius 3 is 2.68 bits per heavy atom. The molecule has 0 bridgehead atoms. The summed E-state index contributed by atoms with van der Waals surface area (Å²) in [4.78, 5) is 18.3. The fourth-order valence-electron chi connectivity index (χ4n) is 3.93. The summed E-state index contributed by atoms with van der Waals surface area (Å²) in [7, 11) is 0. The number of aromatic nitrogens is 2. The number of amides is 1. The van der Waals surface area contributed by atoms with E-state index in [1.54, 1.807) is 17.3 Å². The first-order valence-corrected chi connectivity index (χ1v) is 11.1. The van der Waals surface area contributed by atoms with E-state index in [1.165, 1.54) is 5.69 Å². The molecule has 5 nitrogen and oxygen atoms in total. The van der Waals surface area contributed by atoms with Crippen molar-refractivity contribution in [2.45, 2.75) is 30.6 Å². The van der Waals surface area contributed by atoms with Crippen LogP contribution in [-0.4, -0.2) is 37.5 Å². The fourth-order valence-corrected chi connectivity index (χ4v) is 4.09. The van der Waals surface area contributed by atoms with Gasteiger partial charge in [0.05, 0.1) is 12.1 Å². The predicted octanol–water partition coefficient (Wildman–Crippen LogP) is 6.23. The highest BCUT2D eigenvalue weighted by Gasteiger charge is 2.29. The Hall–Kier alpha value is -2.21. The summed E-state index contributed by atoms with van der Waals surface area (Å²) in [6.07, 6.45) is 5.96. The Kier molecular flexibility index (Phi) is 6.20. The van der Waals surface area contributed by atoms with E-state index in [2.05, 4.69) is 47.8 Å². The molecule has 0 spiro atoms. The largest absolute Gasteiger partial charge is 0.445 e. The predicted molar refractivity (Wildman–Crippen MR) is 127 cm³/mol. The minimum atomic E-state index is -1.63. The molecule has 0 fully saturated rings. The lowest BCUT2D eigenvalue weighted by Gasteiger charge is -2.28. The van der Waals surface area contributed by atoms with Crippen molar-refractivity contribution in [2.24, 2.45) is 0 Å². The van der Waals surface area contributed by atoms with Gasteiger partial charge in [0.25, 0.3) is 0 Å². The number of fused-ring (bicyclic) bond motifs is 3. The maximum Gasteiger partial charge on any atom is 0.410 e. The van der Waals surface area contributed by atoms with E-state index >= 15 is 0 Å². The highest BCUT2D eigenvalue weighted by Crippen LogP contribution is 2.33. The van der Waals surface area contributed by atoms with Crippen LogP contribution in [0.5, 0.6) is 0 Å². The normalized spacial score (nSPS) is 14.6. The Labute approximate surface area is 196 Å². The number of allylic oxidation sites excluding steroid dienone is 1. The molecule has 4 rings (SSSR count). The summed E-state index contributed by atoms with van der Waals surface area (Å²) in [5, 5.41) is 1.13. The summed E-state index contributed by atoms with van der Waals surface area (Å²) >= 11 is 17.1. The lowest BCUT2D eigenvalue weighted by Crippen LogP contribution is -2.37. The van der Waals surface area contributed by atoms with Gasteiger partial charge in [-0.3, -0.25) is 4.98 Å². The molecule has 0 saturated heterocycles. The molecular formula is C23H22Cl3N3O2. The van der Waals surface area contributed by atoms with E-state index in [-0.39, 0.29) is 6.61 Å². The van der Waals surface area contributed by atoms with Crippen LogP contribution in [0.15, 0.2) is 42.7 Å². The number of carbonyl (C=O) groups excluding carboxylic acids is 1. The van der Waals surface area contributed by atoms with Crippen LogP contribution in [0.25, 0.3) is 22.7 Å². The smallest absolute Gasteiger partial charge is 0.410 e. The molecule has 8 heteroatoms. The van der Waals surface area contributed by atoms with E-state index in [0.717, 1.165) is 33.2 Å². The number of aryl methyl sites for hydroxylation is 1. The van der Waals surface area contributed by atoms with Crippen molar-refractivity contribution >= 4 is 63.6 Å². The molecule has 2 aromatic heterocycles. The van der Waals surface area contributed by atoms with E-state index in [4.69, 9.17) is 39.5 Å². The van der Waals surface area contributed by atoms with Crippen molar-refractivity contribution < 1.29 is 9.53 Å². The first-order valence-electron chi connectivity index (χ1n) is 9.92. The quantitative estimate of drug-likeness (QED) is 0.419. The van der Waals surface area contributed by atoms with Crippen LogP contribution in [0.4, 0.5) is 4.79 Å². The zero-order valence-corrected chi connectivity index (χ0v) is 19.5. The van der Waals surface area contributed by atoms with E-state index in [0.29, 0.717) is 19.5 Å². The molecule has 3 heterocycles. The van der Waals surface area contributed by atoms with Gasteiger partial charge in [-0.25, -0.2) is 4.79 Å². The number of benzene rings is 1. The zero-order valence-electron chi connectivity index (χ0n) is 17.2. The Balaban J connectivity index is 1.71. The van der Waals surface area contributed by atoms with Crippen LogP contribution in [0.3, 0.4) is 0 Å². The topological polar surface area (TPSA) is 47.4 Å². The zero-order chi connectivity index (χ0) is 22.2. The molecule has 1 aliphatic heterocycles. The highest BCUT2D eigenvalue weighted by molar-refractivity contribution is 6.67. The number of halogens is 3. The number of hydrogen-bond acceptors (Lipinski definition) is 3. The van der Waals surface area contributed by atoms with E-state index in [9.17, 15) is 4.79 Å². The molecule has 0 unspecified atom stereocenters. The maximum absolute atomic E-state index is 12.5. The van der Waals surface area contributed by atoms with Gasteiger partial charge < -0.3 is 14.2 Å². The van der Waals surface area contributed by atoms with Crippen LogP contribution < -0.4 is 0 Å². The molecule has 31 heavy (non-hydrogen) atoms. The van der Waals surface area contributed by atoms with Gasteiger partial charge in [0.2, 0.25) is 3.79 Å². The lowest BCUT2D eigenvalue weighted by molar-refractivity contribution is 0.0994. The number of nitrogens with zero attached hydrogens (tertiary/aromatic N) is 3. The van der Waals surface area contributed by atoms with Gasteiger partial charge in [0, 0.05) is 48.2 Å². The number of carbonyl (C=O) groups is 1. The molecule has 0 aliphatic carbocycles. The minimum Gasteiger partial charge on any atom is -0.445 e. The van der Waals surface area contributed by atoms with Crippen molar-refractivity contribution in [1.82, 2.24) is 14.5 Å². The summed E-state index contributed by atoms with van der Waals surface area (Å²) in [6, 6.07) is 10.4. The van der Waals surface area contributed by atoms with Crippen LogP contribution >= 0.6 is 34.8 Å². The fraction of sp³-hybridized carbons (Fsp3) is 0.304. The van der Waals surface area contributed by atoms with Gasteiger partial charge >= 0.3 is 6.09 Å². The highest BCUT2D eigenvalue weighted by atomic mass is 35.6. The third kappa shape index (κ3) is 4.84.